The average molecular weight is 452 g/mol. The molecule has 1 heterocycles. The highest BCUT2D eigenvalue weighted by atomic mass is 32.2. The summed E-state index contributed by atoms with van der Waals surface area (Å²) in [5.41, 5.74) is 1.03. The highest BCUT2D eigenvalue weighted by Crippen LogP contribution is 2.16. The van der Waals surface area contributed by atoms with Crippen LogP contribution in [-0.4, -0.2) is 27.8 Å². The Morgan fingerprint density at radius 3 is 2.55 bits per heavy atom. The zero-order chi connectivity index (χ0) is 21.8. The summed E-state index contributed by atoms with van der Waals surface area (Å²) in [4.78, 5) is 29.6. The van der Waals surface area contributed by atoms with Crippen molar-refractivity contribution in [3.05, 3.63) is 99.3 Å². The van der Waals surface area contributed by atoms with Crippen LogP contribution in [0.15, 0.2) is 82.5 Å². The summed E-state index contributed by atoms with van der Waals surface area (Å²) < 4.78 is 14.7. The fourth-order valence-corrected chi connectivity index (χ4v) is 4.22. The van der Waals surface area contributed by atoms with Gasteiger partial charge in [-0.1, -0.05) is 18.2 Å². The van der Waals surface area contributed by atoms with Crippen LogP contribution in [0, 0.1) is 10.6 Å². The lowest BCUT2D eigenvalue weighted by Crippen LogP contribution is -2.26. The molecule has 31 heavy (non-hydrogen) atoms. The summed E-state index contributed by atoms with van der Waals surface area (Å²) in [6, 6.07) is 20.3. The molecule has 1 aromatic heterocycles. The summed E-state index contributed by atoms with van der Waals surface area (Å²) in [6.45, 7) is 0.512. The number of rotatable bonds is 6. The molecule has 8 heteroatoms. The summed E-state index contributed by atoms with van der Waals surface area (Å²) >= 11 is 7.00. The number of halogens is 1. The molecule has 2 N–H and O–H groups in total. The van der Waals surface area contributed by atoms with Crippen molar-refractivity contribution in [1.82, 2.24) is 14.9 Å². The molecule has 4 aromatic rings. The molecular formula is C23H18FN3O2S2. The van der Waals surface area contributed by atoms with Gasteiger partial charge in [-0.15, -0.1) is 11.8 Å². The number of hydrogen-bond donors (Lipinski definition) is 2. The molecule has 0 fully saturated rings. The third kappa shape index (κ3) is 4.76. The average Bonchev–Trinajstić information content (AvgIpc) is 2.78. The maximum absolute atomic E-state index is 13.2. The van der Waals surface area contributed by atoms with Gasteiger partial charge < -0.3 is 10.3 Å². The van der Waals surface area contributed by atoms with E-state index in [0.29, 0.717) is 28.7 Å². The predicted octanol–water partition coefficient (Wildman–Crippen LogP) is 4.71. The van der Waals surface area contributed by atoms with E-state index in [0.717, 1.165) is 10.6 Å². The lowest BCUT2D eigenvalue weighted by atomic mass is 10.1. The van der Waals surface area contributed by atoms with Gasteiger partial charge in [-0.25, -0.2) is 4.39 Å². The Kier molecular flexibility index (Phi) is 6.29. The van der Waals surface area contributed by atoms with Crippen LogP contribution in [0.5, 0.6) is 0 Å². The Labute approximate surface area is 186 Å². The van der Waals surface area contributed by atoms with Gasteiger partial charge in [0.2, 0.25) is 0 Å². The molecule has 3 aromatic carbocycles. The topological polar surface area (TPSA) is 66.9 Å². The number of nitrogens with one attached hydrogen (secondary N) is 2. The molecule has 4 rings (SSSR count). The first-order chi connectivity index (χ1) is 15.0. The first-order valence-corrected chi connectivity index (χ1v) is 10.9. The van der Waals surface area contributed by atoms with Gasteiger partial charge in [-0.3, -0.25) is 14.2 Å². The van der Waals surface area contributed by atoms with Crippen LogP contribution >= 0.6 is 24.0 Å². The zero-order valence-corrected chi connectivity index (χ0v) is 17.9. The zero-order valence-electron chi connectivity index (χ0n) is 16.3. The molecule has 1 amide bonds. The van der Waals surface area contributed by atoms with Crippen LogP contribution in [0.2, 0.25) is 0 Å². The summed E-state index contributed by atoms with van der Waals surface area (Å²) in [5, 5.41) is 3.27. The molecule has 0 radical (unpaired) electrons. The lowest BCUT2D eigenvalue weighted by Gasteiger charge is -2.10. The Morgan fingerprint density at radius 2 is 1.81 bits per heavy atom. The number of hydrogen-bond acceptors (Lipinski definition) is 4. The largest absolute Gasteiger partial charge is 0.351 e. The molecule has 0 aliphatic carbocycles. The number of carbonyl (C=O) groups excluding carboxylic acids is 1. The van der Waals surface area contributed by atoms with Crippen molar-refractivity contribution in [2.24, 2.45) is 0 Å². The van der Waals surface area contributed by atoms with Crippen molar-refractivity contribution in [1.29, 1.82) is 0 Å². The number of benzene rings is 3. The van der Waals surface area contributed by atoms with Gasteiger partial charge in [0.05, 0.1) is 16.6 Å². The highest BCUT2D eigenvalue weighted by molar-refractivity contribution is 7.99. The molecule has 0 aliphatic heterocycles. The van der Waals surface area contributed by atoms with E-state index in [2.05, 4.69) is 10.3 Å². The number of fused-ring (bicyclic) bond motifs is 1. The first-order valence-electron chi connectivity index (χ1n) is 9.54. The fraction of sp³-hybridized carbons (Fsp3) is 0.0870. The van der Waals surface area contributed by atoms with Crippen molar-refractivity contribution in [2.45, 2.75) is 4.90 Å². The number of H-pyrrole nitrogens is 1. The molecule has 0 unspecified atom stereocenters. The molecule has 0 bridgehead atoms. The van der Waals surface area contributed by atoms with E-state index in [1.165, 1.54) is 28.8 Å². The standard InChI is InChI=1S/C23H18FN3O2S2/c24-16-7-9-17(10-8-16)27-22(29)19-11-6-15(14-20(19)26-23(27)30)21(28)25-12-13-31-18-4-2-1-3-5-18/h1-11,14H,12-13H2,(H,25,28)(H,26,30). The van der Waals surface area contributed by atoms with Gasteiger partial charge in [-0.2, -0.15) is 0 Å². The van der Waals surface area contributed by atoms with Crippen molar-refractivity contribution in [3.8, 4) is 5.69 Å². The van der Waals surface area contributed by atoms with Gasteiger partial charge >= 0.3 is 0 Å². The number of aromatic nitrogens is 2. The SMILES string of the molecule is O=C(NCCSc1ccccc1)c1ccc2c(=O)n(-c3ccc(F)cc3)c(=S)[nH]c2c1. The van der Waals surface area contributed by atoms with E-state index in [4.69, 9.17) is 12.2 Å². The van der Waals surface area contributed by atoms with E-state index in [1.54, 1.807) is 30.0 Å². The minimum atomic E-state index is -0.398. The molecule has 0 spiro atoms. The number of amides is 1. The smallest absolute Gasteiger partial charge is 0.266 e. The van der Waals surface area contributed by atoms with E-state index in [9.17, 15) is 14.0 Å². The minimum Gasteiger partial charge on any atom is -0.351 e. The fourth-order valence-electron chi connectivity index (χ4n) is 3.14. The van der Waals surface area contributed by atoms with Crippen LogP contribution in [0.3, 0.4) is 0 Å². The maximum Gasteiger partial charge on any atom is 0.266 e. The molecule has 0 atom stereocenters. The van der Waals surface area contributed by atoms with E-state index < -0.39 is 5.82 Å². The second-order valence-electron chi connectivity index (χ2n) is 6.72. The molecule has 5 nitrogen and oxygen atoms in total. The number of carbonyl (C=O) groups is 1. The third-order valence-corrected chi connectivity index (χ3v) is 5.94. The second kappa shape index (κ2) is 9.28. The van der Waals surface area contributed by atoms with Crippen molar-refractivity contribution in [3.63, 3.8) is 0 Å². The molecule has 0 saturated heterocycles. The summed E-state index contributed by atoms with van der Waals surface area (Å²) in [7, 11) is 0. The van der Waals surface area contributed by atoms with Crippen molar-refractivity contribution < 1.29 is 9.18 Å². The Morgan fingerprint density at radius 1 is 1.06 bits per heavy atom. The summed E-state index contributed by atoms with van der Waals surface area (Å²) in [5.74, 6) is 0.122. The number of thioether (sulfide) groups is 1. The van der Waals surface area contributed by atoms with E-state index in [1.807, 2.05) is 30.3 Å². The Bertz CT molecular complexity index is 1350. The monoisotopic (exact) mass is 451 g/mol. The lowest BCUT2D eigenvalue weighted by molar-refractivity contribution is 0.0956. The van der Waals surface area contributed by atoms with Gasteiger partial charge in [0.1, 0.15) is 5.82 Å². The molecular weight excluding hydrogens is 433 g/mol. The number of aromatic amines is 1. The van der Waals surface area contributed by atoms with Crippen molar-refractivity contribution in [2.75, 3.05) is 12.3 Å². The quantitative estimate of drug-likeness (QED) is 0.253. The van der Waals surface area contributed by atoms with Crippen LogP contribution < -0.4 is 10.9 Å². The van der Waals surface area contributed by atoms with E-state index >= 15 is 0 Å². The first kappa shape index (κ1) is 21.0. The van der Waals surface area contributed by atoms with Gasteiger partial charge in [0.25, 0.3) is 11.5 Å². The minimum absolute atomic E-state index is 0.168. The third-order valence-electron chi connectivity index (χ3n) is 4.64. The van der Waals surface area contributed by atoms with Gasteiger partial charge in [0.15, 0.2) is 4.77 Å². The predicted molar refractivity (Wildman–Crippen MR) is 124 cm³/mol. The van der Waals surface area contributed by atoms with Crippen LogP contribution in [-0.2, 0) is 0 Å². The van der Waals surface area contributed by atoms with Crippen molar-refractivity contribution >= 4 is 40.8 Å². The Hall–Kier alpha value is -3.23. The van der Waals surface area contributed by atoms with Crippen LogP contribution in [0.1, 0.15) is 10.4 Å². The van der Waals surface area contributed by atoms with Gasteiger partial charge in [0, 0.05) is 22.8 Å². The van der Waals surface area contributed by atoms with Crippen LogP contribution in [0.4, 0.5) is 4.39 Å². The molecule has 0 aliphatic rings. The maximum atomic E-state index is 13.2. The second-order valence-corrected chi connectivity index (χ2v) is 8.28. The molecule has 0 saturated carbocycles. The highest BCUT2D eigenvalue weighted by Gasteiger charge is 2.11. The van der Waals surface area contributed by atoms with E-state index in [-0.39, 0.29) is 16.2 Å². The van der Waals surface area contributed by atoms with Gasteiger partial charge in [-0.05, 0) is 66.8 Å². The van der Waals surface area contributed by atoms with Crippen LogP contribution in [0.25, 0.3) is 16.6 Å². The molecule has 156 valence electrons. The normalized spacial score (nSPS) is 10.9. The summed E-state index contributed by atoms with van der Waals surface area (Å²) in [6.07, 6.45) is 0. The number of nitrogens with zero attached hydrogens (tertiary/aromatic N) is 1. The Balaban J connectivity index is 1.52.